The van der Waals surface area contributed by atoms with Crippen LogP contribution < -0.4 is 11.3 Å². The molecule has 0 aliphatic rings. The third-order valence-electron chi connectivity index (χ3n) is 1.69. The van der Waals surface area contributed by atoms with Gasteiger partial charge in [-0.3, -0.25) is 14.9 Å². The zero-order chi connectivity index (χ0) is 10.0. The molecule has 0 radical (unpaired) electrons. The van der Waals surface area contributed by atoms with Crippen LogP contribution in [0.25, 0.3) is 0 Å². The Balaban J connectivity index is 3.48. The molecule has 1 aromatic heterocycles. The maximum atomic E-state index is 11.3. The summed E-state index contributed by atoms with van der Waals surface area (Å²) in [4.78, 5) is 21.0. The van der Waals surface area contributed by atoms with E-state index in [2.05, 4.69) is 0 Å². The quantitative estimate of drug-likeness (QED) is 0.529. The van der Waals surface area contributed by atoms with E-state index in [0.29, 0.717) is 6.54 Å². The normalized spacial score (nSPS) is 9.92. The Labute approximate surface area is 73.7 Å². The van der Waals surface area contributed by atoms with Gasteiger partial charge >= 0.3 is 11.2 Å². The van der Waals surface area contributed by atoms with Crippen molar-refractivity contribution in [3.63, 3.8) is 0 Å². The molecular formula is C7H9N3O3. The molecule has 0 amide bonds. The number of nitrogen functional groups attached to an aromatic ring is 1. The summed E-state index contributed by atoms with van der Waals surface area (Å²) in [7, 11) is 0. The molecule has 0 unspecified atom stereocenters. The van der Waals surface area contributed by atoms with Gasteiger partial charge in [-0.1, -0.05) is 0 Å². The summed E-state index contributed by atoms with van der Waals surface area (Å²) in [6.07, 6.45) is 1.44. The molecular weight excluding hydrogens is 174 g/mol. The molecule has 70 valence electrons. The van der Waals surface area contributed by atoms with Crippen LogP contribution in [-0.2, 0) is 6.54 Å². The molecule has 6 heteroatoms. The Kier molecular flexibility index (Phi) is 2.32. The number of hydrogen-bond acceptors (Lipinski definition) is 4. The highest BCUT2D eigenvalue weighted by Crippen LogP contribution is 2.13. The predicted molar refractivity (Wildman–Crippen MR) is 47.4 cm³/mol. The Hall–Kier alpha value is -1.85. The van der Waals surface area contributed by atoms with Crippen molar-refractivity contribution in [3.8, 4) is 0 Å². The summed E-state index contributed by atoms with van der Waals surface area (Å²) in [5, 5.41) is 10.4. The monoisotopic (exact) mass is 183 g/mol. The second kappa shape index (κ2) is 3.26. The largest absolute Gasteiger partial charge is 0.393 e. The van der Waals surface area contributed by atoms with Crippen LogP contribution >= 0.6 is 0 Å². The Morgan fingerprint density at radius 1 is 1.69 bits per heavy atom. The van der Waals surface area contributed by atoms with Crippen molar-refractivity contribution >= 4 is 11.4 Å². The lowest BCUT2D eigenvalue weighted by atomic mass is 10.3. The summed E-state index contributed by atoms with van der Waals surface area (Å²) < 4.78 is 1.23. The maximum Gasteiger partial charge on any atom is 0.356 e. The van der Waals surface area contributed by atoms with Crippen LogP contribution in [0.2, 0.25) is 0 Å². The first-order valence-corrected chi connectivity index (χ1v) is 3.71. The third-order valence-corrected chi connectivity index (χ3v) is 1.69. The summed E-state index contributed by atoms with van der Waals surface area (Å²) in [5.41, 5.74) is 3.98. The summed E-state index contributed by atoms with van der Waals surface area (Å²) in [6.45, 7) is 2.11. The summed E-state index contributed by atoms with van der Waals surface area (Å²) in [6, 6.07) is 1.35. The minimum Gasteiger partial charge on any atom is -0.393 e. The van der Waals surface area contributed by atoms with Crippen LogP contribution in [0.4, 0.5) is 11.4 Å². The van der Waals surface area contributed by atoms with Crippen molar-refractivity contribution in [2.45, 2.75) is 13.5 Å². The molecule has 0 aromatic carbocycles. The topological polar surface area (TPSA) is 91.2 Å². The van der Waals surface area contributed by atoms with Crippen LogP contribution in [0.5, 0.6) is 0 Å². The van der Waals surface area contributed by atoms with Gasteiger partial charge in [-0.2, -0.15) is 0 Å². The number of nitrogens with two attached hydrogens (primary N) is 1. The van der Waals surface area contributed by atoms with Crippen molar-refractivity contribution < 1.29 is 4.92 Å². The lowest BCUT2D eigenvalue weighted by Gasteiger charge is -2.01. The highest BCUT2D eigenvalue weighted by molar-refractivity contribution is 5.55. The molecule has 1 rings (SSSR count). The molecule has 0 bridgehead atoms. The molecule has 0 aliphatic heterocycles. The average Bonchev–Trinajstić information content (AvgIpc) is 2.04. The van der Waals surface area contributed by atoms with E-state index in [1.807, 2.05) is 0 Å². The van der Waals surface area contributed by atoms with E-state index in [9.17, 15) is 14.9 Å². The number of anilines is 1. The molecule has 6 nitrogen and oxygen atoms in total. The van der Waals surface area contributed by atoms with E-state index < -0.39 is 16.2 Å². The maximum absolute atomic E-state index is 11.3. The fourth-order valence-corrected chi connectivity index (χ4v) is 1.01. The first-order chi connectivity index (χ1) is 6.07. The van der Waals surface area contributed by atoms with Crippen molar-refractivity contribution in [3.05, 3.63) is 32.7 Å². The summed E-state index contributed by atoms with van der Waals surface area (Å²) in [5.74, 6) is 0. The second-order valence-electron chi connectivity index (χ2n) is 2.47. The molecule has 0 saturated heterocycles. The van der Waals surface area contributed by atoms with Gasteiger partial charge in [0.15, 0.2) is 0 Å². The molecule has 0 saturated carbocycles. The van der Waals surface area contributed by atoms with Crippen LogP contribution in [-0.4, -0.2) is 9.49 Å². The van der Waals surface area contributed by atoms with Crippen molar-refractivity contribution in [1.82, 2.24) is 4.57 Å². The van der Waals surface area contributed by atoms with Crippen LogP contribution in [0, 0.1) is 10.1 Å². The van der Waals surface area contributed by atoms with Gasteiger partial charge in [-0.05, 0) is 13.0 Å². The van der Waals surface area contributed by atoms with Gasteiger partial charge in [-0.25, -0.2) is 0 Å². The first kappa shape index (κ1) is 9.24. The smallest absolute Gasteiger partial charge is 0.356 e. The number of nitro groups is 1. The number of nitrogens with zero attached hydrogens (tertiary/aromatic N) is 2. The lowest BCUT2D eigenvalue weighted by Crippen LogP contribution is -2.22. The van der Waals surface area contributed by atoms with E-state index in [1.54, 1.807) is 6.92 Å². The SMILES string of the molecule is CCn1ccc(N)c([N+](=O)[O-])c1=O. The van der Waals surface area contributed by atoms with E-state index in [4.69, 9.17) is 5.73 Å². The minimum atomic E-state index is -0.760. The zero-order valence-corrected chi connectivity index (χ0v) is 7.06. The molecule has 0 atom stereocenters. The number of hydrogen-bond donors (Lipinski definition) is 1. The predicted octanol–water partition coefficient (Wildman–Crippen LogP) is 0.359. The molecule has 0 spiro atoms. The Bertz CT molecular complexity index is 396. The fourth-order valence-electron chi connectivity index (χ4n) is 1.01. The second-order valence-corrected chi connectivity index (χ2v) is 2.47. The number of pyridine rings is 1. The lowest BCUT2D eigenvalue weighted by molar-refractivity contribution is -0.385. The van der Waals surface area contributed by atoms with E-state index in [0.717, 1.165) is 0 Å². The standard InChI is InChI=1S/C7H9N3O3/c1-2-9-4-3-5(8)6(7(9)11)10(12)13/h3-4H,2,8H2,1H3. The Morgan fingerprint density at radius 2 is 2.31 bits per heavy atom. The summed E-state index contributed by atoms with van der Waals surface area (Å²) >= 11 is 0. The molecule has 1 aromatic rings. The van der Waals surface area contributed by atoms with Gasteiger partial charge in [0, 0.05) is 12.7 Å². The molecule has 0 aliphatic carbocycles. The highest BCUT2D eigenvalue weighted by atomic mass is 16.6. The van der Waals surface area contributed by atoms with Crippen molar-refractivity contribution in [1.29, 1.82) is 0 Å². The van der Waals surface area contributed by atoms with Crippen molar-refractivity contribution in [2.75, 3.05) is 5.73 Å². The molecule has 2 N–H and O–H groups in total. The average molecular weight is 183 g/mol. The van der Waals surface area contributed by atoms with Crippen molar-refractivity contribution in [2.24, 2.45) is 0 Å². The van der Waals surface area contributed by atoms with Crippen LogP contribution in [0.3, 0.4) is 0 Å². The van der Waals surface area contributed by atoms with E-state index >= 15 is 0 Å². The number of rotatable bonds is 2. The van der Waals surface area contributed by atoms with Gasteiger partial charge < -0.3 is 10.3 Å². The van der Waals surface area contributed by atoms with Gasteiger partial charge in [0.25, 0.3) is 0 Å². The fraction of sp³-hybridized carbons (Fsp3) is 0.286. The van der Waals surface area contributed by atoms with Crippen LogP contribution in [0.1, 0.15) is 6.92 Å². The van der Waals surface area contributed by atoms with Gasteiger partial charge in [0.05, 0.1) is 4.92 Å². The van der Waals surface area contributed by atoms with Gasteiger partial charge in [-0.15, -0.1) is 0 Å². The highest BCUT2D eigenvalue weighted by Gasteiger charge is 2.18. The number of aromatic nitrogens is 1. The molecule has 1 heterocycles. The van der Waals surface area contributed by atoms with E-state index in [1.165, 1.54) is 16.8 Å². The third kappa shape index (κ3) is 1.51. The Morgan fingerprint density at radius 3 is 2.77 bits per heavy atom. The first-order valence-electron chi connectivity index (χ1n) is 3.71. The number of aryl methyl sites for hydroxylation is 1. The zero-order valence-electron chi connectivity index (χ0n) is 7.06. The molecule has 0 fully saturated rings. The van der Waals surface area contributed by atoms with Gasteiger partial charge in [0.2, 0.25) is 0 Å². The van der Waals surface area contributed by atoms with Crippen LogP contribution in [0.15, 0.2) is 17.1 Å². The van der Waals surface area contributed by atoms with E-state index in [-0.39, 0.29) is 5.69 Å². The molecule has 13 heavy (non-hydrogen) atoms. The van der Waals surface area contributed by atoms with Gasteiger partial charge in [0.1, 0.15) is 5.69 Å². The minimum absolute atomic E-state index is 0.0975.